The second-order valence-electron chi connectivity index (χ2n) is 8.14. The number of aliphatic hydroxyl groups is 1. The first-order valence-corrected chi connectivity index (χ1v) is 10.7. The summed E-state index contributed by atoms with van der Waals surface area (Å²) < 4.78 is 0. The summed E-state index contributed by atoms with van der Waals surface area (Å²) in [5.41, 5.74) is 1.96. The maximum Gasteiger partial charge on any atom is 0.191 e. The highest BCUT2D eigenvalue weighted by Gasteiger charge is 2.29. The Kier molecular flexibility index (Phi) is 7.00. The van der Waals surface area contributed by atoms with Crippen molar-refractivity contribution in [2.45, 2.75) is 70.4 Å². The molecule has 3 N–H and O–H groups in total. The lowest BCUT2D eigenvalue weighted by molar-refractivity contribution is 0.0131. The van der Waals surface area contributed by atoms with Crippen LogP contribution in [0.15, 0.2) is 29.3 Å². The number of rotatable bonds is 6. The fourth-order valence-corrected chi connectivity index (χ4v) is 4.17. The first-order valence-electron chi connectivity index (χ1n) is 10.7. The summed E-state index contributed by atoms with van der Waals surface area (Å²) in [6.45, 7) is 7.85. The van der Waals surface area contributed by atoms with Gasteiger partial charge in [0.15, 0.2) is 5.96 Å². The molecule has 27 heavy (non-hydrogen) atoms. The maximum absolute atomic E-state index is 10.7. The van der Waals surface area contributed by atoms with E-state index in [2.05, 4.69) is 53.6 Å². The average Bonchev–Trinajstić information content (AvgIpc) is 3.22. The predicted octanol–water partition coefficient (Wildman–Crippen LogP) is 3.60. The highest BCUT2D eigenvalue weighted by Crippen LogP contribution is 2.28. The van der Waals surface area contributed by atoms with Gasteiger partial charge in [-0.1, -0.05) is 31.4 Å². The third kappa shape index (κ3) is 5.61. The van der Waals surface area contributed by atoms with Crippen LogP contribution in [-0.4, -0.2) is 42.8 Å². The summed E-state index contributed by atoms with van der Waals surface area (Å²) in [5.74, 6) is 0.788. The van der Waals surface area contributed by atoms with Crippen molar-refractivity contribution in [3.63, 3.8) is 0 Å². The molecule has 1 saturated carbocycles. The van der Waals surface area contributed by atoms with Crippen molar-refractivity contribution in [3.05, 3.63) is 29.8 Å². The highest BCUT2D eigenvalue weighted by molar-refractivity contribution is 5.80. The summed E-state index contributed by atoms with van der Waals surface area (Å²) in [4.78, 5) is 7.17. The molecule has 5 nitrogen and oxygen atoms in total. The first kappa shape index (κ1) is 20.0. The van der Waals surface area contributed by atoms with E-state index in [9.17, 15) is 5.11 Å². The molecular weight excluding hydrogens is 336 g/mol. The van der Waals surface area contributed by atoms with Gasteiger partial charge in [0.2, 0.25) is 0 Å². The van der Waals surface area contributed by atoms with Crippen molar-refractivity contribution in [2.24, 2.45) is 4.99 Å². The topological polar surface area (TPSA) is 59.9 Å². The Hall–Kier alpha value is -1.75. The normalized spacial score (nSPS) is 21.1. The number of hydrogen-bond donors (Lipinski definition) is 3. The lowest BCUT2D eigenvalue weighted by Gasteiger charge is -2.31. The van der Waals surface area contributed by atoms with Crippen LogP contribution in [0.2, 0.25) is 0 Å². The van der Waals surface area contributed by atoms with Gasteiger partial charge in [0.25, 0.3) is 0 Å². The fourth-order valence-electron chi connectivity index (χ4n) is 4.17. The van der Waals surface area contributed by atoms with Crippen LogP contribution >= 0.6 is 0 Å². The van der Waals surface area contributed by atoms with E-state index >= 15 is 0 Å². The summed E-state index contributed by atoms with van der Waals surface area (Å²) in [7, 11) is 0. The van der Waals surface area contributed by atoms with Gasteiger partial charge in [-0.2, -0.15) is 0 Å². The van der Waals surface area contributed by atoms with Crippen LogP contribution in [0.4, 0.5) is 5.69 Å². The molecule has 3 rings (SSSR count). The number of nitrogens with one attached hydrogen (secondary N) is 2. The Labute approximate surface area is 164 Å². The minimum Gasteiger partial charge on any atom is -0.388 e. The molecule has 150 valence electrons. The zero-order valence-electron chi connectivity index (χ0n) is 17.0. The standard InChI is InChI=1S/C22H36N4O/c1-3-23-21(24-17-22(27)12-5-4-6-13-22)25-18(2)19-10-9-11-20(16-19)26-14-7-8-15-26/h9-11,16,18,27H,3-8,12-15,17H2,1-2H3,(H2,23,24,25). The molecule has 1 saturated heterocycles. The minimum absolute atomic E-state index is 0.159. The molecule has 1 atom stereocenters. The molecule has 0 amide bonds. The number of nitrogens with zero attached hydrogens (tertiary/aromatic N) is 2. The largest absolute Gasteiger partial charge is 0.388 e. The molecule has 1 aliphatic carbocycles. The molecule has 0 spiro atoms. The second-order valence-corrected chi connectivity index (χ2v) is 8.14. The van der Waals surface area contributed by atoms with Crippen LogP contribution in [-0.2, 0) is 0 Å². The molecule has 1 aromatic rings. The summed E-state index contributed by atoms with van der Waals surface area (Å²) in [6.07, 6.45) is 7.75. The molecule has 0 aromatic heterocycles. The summed E-state index contributed by atoms with van der Waals surface area (Å²) in [5, 5.41) is 17.6. The maximum atomic E-state index is 10.7. The van der Waals surface area contributed by atoms with E-state index in [0.29, 0.717) is 6.54 Å². The van der Waals surface area contributed by atoms with Crippen molar-refractivity contribution >= 4 is 11.6 Å². The first-order chi connectivity index (χ1) is 13.1. The van der Waals surface area contributed by atoms with Gasteiger partial charge in [0.1, 0.15) is 0 Å². The van der Waals surface area contributed by atoms with Crippen molar-refractivity contribution in [2.75, 3.05) is 31.1 Å². The molecule has 1 aliphatic heterocycles. The number of benzene rings is 1. The molecule has 0 bridgehead atoms. The van der Waals surface area contributed by atoms with E-state index in [0.717, 1.165) is 51.3 Å². The number of aliphatic imine (C=N–C) groups is 1. The predicted molar refractivity (Wildman–Crippen MR) is 113 cm³/mol. The van der Waals surface area contributed by atoms with Gasteiger partial charge < -0.3 is 20.6 Å². The van der Waals surface area contributed by atoms with Gasteiger partial charge in [-0.05, 0) is 57.2 Å². The second kappa shape index (κ2) is 9.45. The van der Waals surface area contributed by atoms with Crippen LogP contribution in [0.1, 0.15) is 70.4 Å². The van der Waals surface area contributed by atoms with Crippen LogP contribution in [0.5, 0.6) is 0 Å². The van der Waals surface area contributed by atoms with Gasteiger partial charge in [-0.15, -0.1) is 0 Å². The van der Waals surface area contributed by atoms with E-state index in [1.807, 2.05) is 0 Å². The van der Waals surface area contributed by atoms with Crippen molar-refractivity contribution in [1.29, 1.82) is 0 Å². The Balaban J connectivity index is 1.64. The fraction of sp³-hybridized carbons (Fsp3) is 0.682. The molecular formula is C22H36N4O. The monoisotopic (exact) mass is 372 g/mol. The zero-order chi connectivity index (χ0) is 19.1. The van der Waals surface area contributed by atoms with Crippen LogP contribution < -0.4 is 15.5 Å². The Morgan fingerprint density at radius 1 is 1.19 bits per heavy atom. The van der Waals surface area contributed by atoms with E-state index in [-0.39, 0.29) is 6.04 Å². The SMILES string of the molecule is CCNC(=NCC1(O)CCCCC1)NC(C)c1cccc(N2CCCC2)c1. The van der Waals surface area contributed by atoms with Gasteiger partial charge in [-0.3, -0.25) is 4.99 Å². The van der Waals surface area contributed by atoms with Crippen LogP contribution in [0, 0.1) is 0 Å². The molecule has 5 heteroatoms. The highest BCUT2D eigenvalue weighted by atomic mass is 16.3. The Morgan fingerprint density at radius 2 is 1.93 bits per heavy atom. The molecule has 2 fully saturated rings. The van der Waals surface area contributed by atoms with Crippen molar-refractivity contribution in [1.82, 2.24) is 10.6 Å². The van der Waals surface area contributed by atoms with Gasteiger partial charge in [0.05, 0.1) is 18.2 Å². The van der Waals surface area contributed by atoms with Crippen LogP contribution in [0.25, 0.3) is 0 Å². The number of anilines is 1. The van der Waals surface area contributed by atoms with E-state index in [1.54, 1.807) is 0 Å². The zero-order valence-corrected chi connectivity index (χ0v) is 17.0. The summed E-state index contributed by atoms with van der Waals surface area (Å²) >= 11 is 0. The third-order valence-electron chi connectivity index (χ3n) is 5.85. The molecule has 0 radical (unpaired) electrons. The van der Waals surface area contributed by atoms with E-state index < -0.39 is 5.60 Å². The lowest BCUT2D eigenvalue weighted by Crippen LogP contribution is -2.41. The lowest BCUT2D eigenvalue weighted by atomic mass is 9.85. The smallest absolute Gasteiger partial charge is 0.191 e. The minimum atomic E-state index is -0.625. The van der Waals surface area contributed by atoms with E-state index in [1.165, 1.54) is 30.5 Å². The molecule has 1 unspecified atom stereocenters. The number of hydrogen-bond acceptors (Lipinski definition) is 3. The quantitative estimate of drug-likeness (QED) is 0.527. The van der Waals surface area contributed by atoms with Crippen LogP contribution in [0.3, 0.4) is 0 Å². The van der Waals surface area contributed by atoms with Crippen molar-refractivity contribution < 1.29 is 5.11 Å². The van der Waals surface area contributed by atoms with Crippen molar-refractivity contribution in [3.8, 4) is 0 Å². The van der Waals surface area contributed by atoms with Gasteiger partial charge in [0, 0.05) is 25.3 Å². The molecule has 1 heterocycles. The summed E-state index contributed by atoms with van der Waals surface area (Å²) in [6, 6.07) is 8.98. The third-order valence-corrected chi connectivity index (χ3v) is 5.85. The van der Waals surface area contributed by atoms with Gasteiger partial charge >= 0.3 is 0 Å². The molecule has 1 aromatic carbocycles. The van der Waals surface area contributed by atoms with E-state index in [4.69, 9.17) is 4.99 Å². The average molecular weight is 373 g/mol. The number of guanidine groups is 1. The van der Waals surface area contributed by atoms with Gasteiger partial charge in [-0.25, -0.2) is 0 Å². The Morgan fingerprint density at radius 3 is 2.63 bits per heavy atom. The molecule has 2 aliphatic rings. The Bertz CT molecular complexity index is 618.